The Balaban J connectivity index is 0.00000684. The summed E-state index contributed by atoms with van der Waals surface area (Å²) in [7, 11) is 0. The zero-order valence-corrected chi connectivity index (χ0v) is 33.0. The Morgan fingerprint density at radius 2 is 1.45 bits per heavy atom. The second-order valence-corrected chi connectivity index (χ2v) is 14.4. The molecule has 0 aliphatic heterocycles. The van der Waals surface area contributed by atoms with Crippen LogP contribution in [0.25, 0.3) is 72.7 Å². The van der Waals surface area contributed by atoms with Crippen LogP contribution in [0.15, 0.2) is 133 Å². The molecule has 0 saturated carbocycles. The maximum Gasteiger partial charge on any atom is 0.148 e. The van der Waals surface area contributed by atoms with Gasteiger partial charge in [0.05, 0.1) is 31.9 Å². The number of pyridine rings is 1. The predicted octanol–water partition coefficient (Wildman–Crippen LogP) is 12.8. The van der Waals surface area contributed by atoms with Crippen LogP contribution in [0, 0.1) is 33.6 Å². The van der Waals surface area contributed by atoms with Crippen molar-refractivity contribution in [2.75, 3.05) is 0 Å². The maximum absolute atomic E-state index is 11.7. The van der Waals surface area contributed by atoms with Crippen molar-refractivity contribution in [3.8, 4) is 67.5 Å². The first-order chi connectivity index (χ1) is 31.3. The number of phenolic OH excluding ortho intramolecular Hbond substituents is 1. The van der Waals surface area contributed by atoms with Gasteiger partial charge in [-0.1, -0.05) is 128 Å². The minimum Gasteiger partial charge on any atom is -0.507 e. The van der Waals surface area contributed by atoms with E-state index in [4.69, 9.17) is 21.4 Å². The standard InChI is InChI=1S/C50H44N3O.Pt/c1-31-16-19-35(20-17-31)37-22-23-51-44(30-37)39-27-38(28-40(29-39)50(5,6)7)41-14-11-15-46-47(41)52-49(43-26-33(3)24-34(4)48(43)54)53(46)45-21-18-32(2)25-42(45)36-12-9-8-10-13-36;/h8-26,28-30,54H,1-7H3;/q-1;/i1D3,2D3,16D,17D,19D,20D,22D,23D,30D;. The summed E-state index contributed by atoms with van der Waals surface area (Å²) in [4.78, 5) is 9.65. The number of aromatic nitrogens is 3. The summed E-state index contributed by atoms with van der Waals surface area (Å²) in [5.41, 5.74) is 4.73. The van der Waals surface area contributed by atoms with Crippen molar-refractivity contribution in [2.24, 2.45) is 0 Å². The van der Waals surface area contributed by atoms with Crippen LogP contribution in [0.3, 0.4) is 0 Å². The number of fused-ring (bicyclic) bond motifs is 1. The first-order valence-electron chi connectivity index (χ1n) is 24.0. The van der Waals surface area contributed by atoms with Crippen molar-refractivity contribution in [1.82, 2.24) is 14.5 Å². The average molecular weight is 911 g/mol. The Morgan fingerprint density at radius 3 is 2.20 bits per heavy atom. The number of para-hydroxylation sites is 1. The molecule has 0 spiro atoms. The molecule has 0 saturated heterocycles. The van der Waals surface area contributed by atoms with E-state index in [1.54, 1.807) is 31.2 Å². The molecule has 0 atom stereocenters. The number of nitrogens with zero attached hydrogens (tertiary/aromatic N) is 3. The van der Waals surface area contributed by atoms with Crippen molar-refractivity contribution in [2.45, 2.75) is 53.7 Å². The fraction of sp³-hybridized carbons (Fsp3) is 0.160. The molecule has 5 heteroatoms. The summed E-state index contributed by atoms with van der Waals surface area (Å²) in [5.74, 6) is 0.378. The Kier molecular flexibility index (Phi) is 6.72. The number of phenols is 1. The molecule has 0 radical (unpaired) electrons. The van der Waals surface area contributed by atoms with Gasteiger partial charge in [0.2, 0.25) is 0 Å². The molecule has 2 aromatic heterocycles. The average Bonchev–Trinajstić information content (AvgIpc) is 3.65. The zero-order valence-electron chi connectivity index (χ0n) is 43.8. The van der Waals surface area contributed by atoms with E-state index in [0.717, 1.165) is 16.7 Å². The smallest absolute Gasteiger partial charge is 0.148 e. The molecular weight excluding hydrogens is 854 g/mol. The quantitative estimate of drug-likeness (QED) is 0.169. The zero-order chi connectivity index (χ0) is 48.8. The topological polar surface area (TPSA) is 50.9 Å². The molecule has 8 rings (SSSR count). The van der Waals surface area contributed by atoms with Gasteiger partial charge in [-0.3, -0.25) is 9.55 Å². The number of hydrogen-bond donors (Lipinski definition) is 1. The first kappa shape index (κ1) is 24.8. The van der Waals surface area contributed by atoms with Crippen molar-refractivity contribution in [3.05, 3.63) is 167 Å². The monoisotopic (exact) mass is 910 g/mol. The summed E-state index contributed by atoms with van der Waals surface area (Å²) >= 11 is 0. The molecule has 0 aliphatic rings. The minimum absolute atomic E-state index is 0. The predicted molar refractivity (Wildman–Crippen MR) is 224 cm³/mol. The third kappa shape index (κ3) is 7.32. The van der Waals surface area contributed by atoms with E-state index in [1.807, 2.05) is 99.0 Å². The van der Waals surface area contributed by atoms with E-state index in [2.05, 4.69) is 11.1 Å². The molecule has 0 aliphatic carbocycles. The van der Waals surface area contributed by atoms with Crippen molar-refractivity contribution in [3.63, 3.8) is 0 Å². The Hall–Kier alpha value is -5.57. The van der Waals surface area contributed by atoms with Gasteiger partial charge in [-0.05, 0) is 91.1 Å². The molecule has 0 unspecified atom stereocenters. The second-order valence-electron chi connectivity index (χ2n) is 14.4. The third-order valence-electron chi connectivity index (χ3n) is 9.44. The molecule has 276 valence electrons. The van der Waals surface area contributed by atoms with Crippen LogP contribution in [-0.2, 0) is 26.5 Å². The maximum atomic E-state index is 11.7. The molecule has 55 heavy (non-hydrogen) atoms. The van der Waals surface area contributed by atoms with Gasteiger partial charge in [-0.25, -0.2) is 4.98 Å². The van der Waals surface area contributed by atoms with Gasteiger partial charge in [-0.2, -0.15) is 0 Å². The van der Waals surface area contributed by atoms with E-state index < -0.39 is 78.2 Å². The Bertz CT molecular complexity index is 3290. The largest absolute Gasteiger partial charge is 0.507 e. The van der Waals surface area contributed by atoms with E-state index >= 15 is 0 Å². The van der Waals surface area contributed by atoms with Gasteiger partial charge < -0.3 is 5.11 Å². The number of imidazole rings is 1. The van der Waals surface area contributed by atoms with E-state index in [9.17, 15) is 6.48 Å². The van der Waals surface area contributed by atoms with Crippen LogP contribution < -0.4 is 0 Å². The fourth-order valence-corrected chi connectivity index (χ4v) is 6.73. The van der Waals surface area contributed by atoms with Crippen LogP contribution >= 0.6 is 0 Å². The number of benzene rings is 6. The summed E-state index contributed by atoms with van der Waals surface area (Å²) in [6.07, 6.45) is -0.619. The number of aromatic hydroxyl groups is 1. The molecule has 0 fully saturated rings. The molecule has 2 heterocycles. The van der Waals surface area contributed by atoms with E-state index in [0.29, 0.717) is 50.4 Å². The first-order valence-corrected chi connectivity index (χ1v) is 17.5. The second kappa shape index (κ2) is 14.9. The van der Waals surface area contributed by atoms with Crippen molar-refractivity contribution in [1.29, 1.82) is 0 Å². The molecule has 0 bridgehead atoms. The Morgan fingerprint density at radius 1 is 0.709 bits per heavy atom. The van der Waals surface area contributed by atoms with Crippen molar-refractivity contribution >= 4 is 11.0 Å². The Labute approximate surface area is 357 Å². The van der Waals surface area contributed by atoms with Crippen LogP contribution in [0.1, 0.15) is 66.4 Å². The molecule has 1 N–H and O–H groups in total. The van der Waals surface area contributed by atoms with E-state index in [1.165, 1.54) is 0 Å². The van der Waals surface area contributed by atoms with E-state index in [-0.39, 0.29) is 43.6 Å². The summed E-state index contributed by atoms with van der Waals surface area (Å²) in [5, 5.41) is 11.7. The number of hydrogen-bond acceptors (Lipinski definition) is 3. The molecule has 0 amide bonds. The van der Waals surface area contributed by atoms with Gasteiger partial charge in [-0.15, -0.1) is 29.3 Å². The fourth-order valence-electron chi connectivity index (χ4n) is 6.73. The molecule has 8 aromatic rings. The minimum atomic E-state index is -2.98. The molecule has 4 nitrogen and oxygen atoms in total. The SMILES string of the molecule is [2H]c1nc(-c2[c-]c(-c3cccc4c3nc(-c3cc(C)cc(C)c3O)n4-c3ccc(C([2H])([2H])[2H])cc3-c3ccccc3)cc(C(C)(C)C)c2)c([2H])c(-c2c([2H])c([2H])c(C([2H])([2H])[2H])c([2H])c2[2H])c1[2H].[Pt]. The molecule has 6 aromatic carbocycles. The summed E-state index contributed by atoms with van der Waals surface area (Å²) in [6, 6.07) is 26.4. The van der Waals surface area contributed by atoms with Crippen LogP contribution in [0.4, 0.5) is 0 Å². The number of rotatable bonds is 6. The van der Waals surface area contributed by atoms with Crippen LogP contribution in [0.2, 0.25) is 0 Å². The molecular formula is C50H44N3OPt-. The normalized spacial score (nSPS) is 15.3. The van der Waals surface area contributed by atoms with Gasteiger partial charge >= 0.3 is 0 Å². The van der Waals surface area contributed by atoms with Gasteiger partial charge in [0, 0.05) is 46.7 Å². The van der Waals surface area contributed by atoms with Gasteiger partial charge in [0.1, 0.15) is 11.6 Å². The third-order valence-corrected chi connectivity index (χ3v) is 9.44. The van der Waals surface area contributed by atoms with Crippen LogP contribution in [-0.4, -0.2) is 19.6 Å². The van der Waals surface area contributed by atoms with Crippen molar-refractivity contribution < 1.29 is 44.0 Å². The van der Waals surface area contributed by atoms with Crippen LogP contribution in [0.5, 0.6) is 5.75 Å². The summed E-state index contributed by atoms with van der Waals surface area (Å²) in [6.45, 7) is 4.28. The van der Waals surface area contributed by atoms with Gasteiger partial charge in [0.15, 0.2) is 0 Å². The number of aryl methyl sites for hydroxylation is 3. The van der Waals surface area contributed by atoms with Gasteiger partial charge in [0.25, 0.3) is 0 Å². The summed E-state index contributed by atoms with van der Waals surface area (Å²) < 4.78 is 112.